The third kappa shape index (κ3) is 4.06. The number of rotatable bonds is 6. The van der Waals surface area contributed by atoms with Gasteiger partial charge in [0.2, 0.25) is 0 Å². The molecule has 2 rings (SSSR count). The van der Waals surface area contributed by atoms with E-state index in [-0.39, 0.29) is 0 Å². The molecule has 0 bridgehead atoms. The Morgan fingerprint density at radius 3 is 2.89 bits per heavy atom. The van der Waals surface area contributed by atoms with Gasteiger partial charge in [0.15, 0.2) is 0 Å². The number of halogens is 1. The van der Waals surface area contributed by atoms with Crippen molar-refractivity contribution in [2.24, 2.45) is 0 Å². The Kier molecular flexibility index (Phi) is 5.43. The van der Waals surface area contributed by atoms with Crippen molar-refractivity contribution in [2.75, 3.05) is 6.61 Å². The maximum atomic E-state index is 5.51. The van der Waals surface area contributed by atoms with Gasteiger partial charge in [-0.05, 0) is 58.9 Å². The molecule has 0 aliphatic carbocycles. The number of thiophene rings is 1. The van der Waals surface area contributed by atoms with Crippen LogP contribution in [-0.4, -0.2) is 6.61 Å². The largest absolute Gasteiger partial charge is 0.494 e. The van der Waals surface area contributed by atoms with Crippen molar-refractivity contribution in [3.8, 4) is 5.75 Å². The van der Waals surface area contributed by atoms with Crippen molar-refractivity contribution in [3.05, 3.63) is 50.6 Å². The molecule has 102 valence electrons. The summed E-state index contributed by atoms with van der Waals surface area (Å²) in [5.74, 6) is 0.937. The first-order valence-corrected chi connectivity index (χ1v) is 8.06. The van der Waals surface area contributed by atoms with Crippen molar-refractivity contribution < 1.29 is 4.74 Å². The molecular formula is C15H18BrNOS. The van der Waals surface area contributed by atoms with Gasteiger partial charge in [-0.25, -0.2) is 0 Å². The highest BCUT2D eigenvalue weighted by atomic mass is 79.9. The normalized spacial score (nSPS) is 12.4. The Labute approximate surface area is 126 Å². The van der Waals surface area contributed by atoms with Gasteiger partial charge in [-0.3, -0.25) is 0 Å². The van der Waals surface area contributed by atoms with Crippen LogP contribution in [0.15, 0.2) is 40.2 Å². The topological polar surface area (TPSA) is 21.3 Å². The van der Waals surface area contributed by atoms with Gasteiger partial charge in [0.1, 0.15) is 5.75 Å². The molecule has 0 fully saturated rings. The van der Waals surface area contributed by atoms with Crippen LogP contribution in [0.3, 0.4) is 0 Å². The highest BCUT2D eigenvalue weighted by Crippen LogP contribution is 2.28. The second kappa shape index (κ2) is 7.08. The fourth-order valence-electron chi connectivity index (χ4n) is 1.89. The van der Waals surface area contributed by atoms with Gasteiger partial charge < -0.3 is 10.1 Å². The highest BCUT2D eigenvalue weighted by molar-refractivity contribution is 9.10. The monoisotopic (exact) mass is 339 g/mol. The molecule has 0 amide bonds. The minimum atomic E-state index is 0.338. The molecule has 1 unspecified atom stereocenters. The Bertz CT molecular complexity index is 526. The molecule has 1 heterocycles. The predicted molar refractivity (Wildman–Crippen MR) is 84.9 cm³/mol. The predicted octanol–water partition coefficient (Wildman–Crippen LogP) is 4.76. The van der Waals surface area contributed by atoms with Crippen molar-refractivity contribution in [2.45, 2.75) is 26.4 Å². The molecule has 0 radical (unpaired) electrons. The first kappa shape index (κ1) is 14.6. The van der Waals surface area contributed by atoms with E-state index in [9.17, 15) is 0 Å². The average molecular weight is 340 g/mol. The minimum absolute atomic E-state index is 0.338. The van der Waals surface area contributed by atoms with Gasteiger partial charge >= 0.3 is 0 Å². The highest BCUT2D eigenvalue weighted by Gasteiger charge is 2.10. The standard InChI is InChI=1S/C15H18BrNOS/c1-3-18-13-6-4-5-12(9-13)10-17-11(2)15-14(16)7-8-19-15/h4-9,11,17H,3,10H2,1-2H3. The Balaban J connectivity index is 1.95. The Hall–Kier alpha value is -0.840. The van der Waals surface area contributed by atoms with Crippen molar-refractivity contribution >= 4 is 27.3 Å². The van der Waals surface area contributed by atoms with E-state index in [1.807, 2.05) is 19.1 Å². The van der Waals surface area contributed by atoms with Crippen molar-refractivity contribution in [1.82, 2.24) is 5.32 Å². The fourth-order valence-corrected chi connectivity index (χ4v) is 3.64. The summed E-state index contributed by atoms with van der Waals surface area (Å²) >= 11 is 5.35. The van der Waals surface area contributed by atoms with Crippen LogP contribution in [0.4, 0.5) is 0 Å². The van der Waals surface area contributed by atoms with E-state index in [1.54, 1.807) is 11.3 Å². The molecule has 0 saturated heterocycles. The zero-order valence-corrected chi connectivity index (χ0v) is 13.6. The van der Waals surface area contributed by atoms with E-state index in [0.717, 1.165) is 12.3 Å². The van der Waals surface area contributed by atoms with Crippen LogP contribution in [0.5, 0.6) is 5.75 Å². The zero-order valence-electron chi connectivity index (χ0n) is 11.2. The van der Waals surface area contributed by atoms with Gasteiger partial charge in [-0.2, -0.15) is 0 Å². The van der Waals surface area contributed by atoms with Crippen molar-refractivity contribution in [3.63, 3.8) is 0 Å². The summed E-state index contributed by atoms with van der Waals surface area (Å²) in [6.07, 6.45) is 0. The van der Waals surface area contributed by atoms with Gasteiger partial charge in [-0.15, -0.1) is 11.3 Å². The van der Waals surface area contributed by atoms with E-state index in [1.165, 1.54) is 14.9 Å². The first-order chi connectivity index (χ1) is 9.20. The first-order valence-electron chi connectivity index (χ1n) is 6.38. The number of hydrogen-bond donors (Lipinski definition) is 1. The molecule has 2 aromatic rings. The van der Waals surface area contributed by atoms with Crippen LogP contribution < -0.4 is 10.1 Å². The summed E-state index contributed by atoms with van der Waals surface area (Å²) < 4.78 is 6.69. The molecule has 1 atom stereocenters. The maximum Gasteiger partial charge on any atom is 0.119 e. The van der Waals surface area contributed by atoms with Crippen LogP contribution >= 0.6 is 27.3 Å². The molecular weight excluding hydrogens is 322 g/mol. The Morgan fingerprint density at radius 1 is 1.37 bits per heavy atom. The molecule has 1 aromatic heterocycles. The maximum absolute atomic E-state index is 5.51. The quantitative estimate of drug-likeness (QED) is 0.819. The summed E-state index contributed by atoms with van der Waals surface area (Å²) in [6, 6.07) is 10.7. The van der Waals surface area contributed by atoms with Gasteiger partial charge in [-0.1, -0.05) is 12.1 Å². The number of hydrogen-bond acceptors (Lipinski definition) is 3. The van der Waals surface area contributed by atoms with Gasteiger partial charge in [0, 0.05) is 21.9 Å². The third-order valence-electron chi connectivity index (χ3n) is 2.86. The van der Waals surface area contributed by atoms with E-state index in [2.05, 4.69) is 51.7 Å². The van der Waals surface area contributed by atoms with Crippen LogP contribution in [0.2, 0.25) is 0 Å². The molecule has 4 heteroatoms. The lowest BCUT2D eigenvalue weighted by molar-refractivity contribution is 0.339. The summed E-state index contributed by atoms with van der Waals surface area (Å²) in [5, 5.41) is 5.64. The van der Waals surface area contributed by atoms with E-state index < -0.39 is 0 Å². The lowest BCUT2D eigenvalue weighted by atomic mass is 10.2. The Morgan fingerprint density at radius 2 is 2.21 bits per heavy atom. The van der Waals surface area contributed by atoms with Crippen molar-refractivity contribution in [1.29, 1.82) is 0 Å². The average Bonchev–Trinajstić information content (AvgIpc) is 2.83. The minimum Gasteiger partial charge on any atom is -0.494 e. The number of ether oxygens (including phenoxy) is 1. The van der Waals surface area contributed by atoms with Crippen LogP contribution in [0, 0.1) is 0 Å². The second-order valence-corrected chi connectivity index (χ2v) is 6.12. The fraction of sp³-hybridized carbons (Fsp3) is 0.333. The molecule has 0 aliphatic heterocycles. The van der Waals surface area contributed by atoms with Crippen LogP contribution in [-0.2, 0) is 6.54 Å². The number of benzene rings is 1. The van der Waals surface area contributed by atoms with Gasteiger partial charge in [0.25, 0.3) is 0 Å². The molecule has 0 saturated carbocycles. The summed E-state index contributed by atoms with van der Waals surface area (Å²) in [5.41, 5.74) is 1.24. The lowest BCUT2D eigenvalue weighted by Gasteiger charge is -2.13. The van der Waals surface area contributed by atoms with Crippen LogP contribution in [0.25, 0.3) is 0 Å². The smallest absolute Gasteiger partial charge is 0.119 e. The zero-order chi connectivity index (χ0) is 13.7. The lowest BCUT2D eigenvalue weighted by Crippen LogP contribution is -2.17. The summed E-state index contributed by atoms with van der Waals surface area (Å²) in [6.45, 7) is 5.73. The van der Waals surface area contributed by atoms with E-state index in [0.29, 0.717) is 12.6 Å². The summed E-state index contributed by atoms with van der Waals surface area (Å²) in [7, 11) is 0. The second-order valence-electron chi connectivity index (χ2n) is 4.32. The molecule has 2 nitrogen and oxygen atoms in total. The van der Waals surface area contributed by atoms with Crippen LogP contribution in [0.1, 0.15) is 30.3 Å². The molecule has 0 spiro atoms. The van der Waals surface area contributed by atoms with Gasteiger partial charge in [0.05, 0.1) is 6.61 Å². The summed E-state index contributed by atoms with van der Waals surface area (Å²) in [4.78, 5) is 1.33. The van der Waals surface area contributed by atoms with E-state index in [4.69, 9.17) is 4.74 Å². The SMILES string of the molecule is CCOc1cccc(CNC(C)c2sccc2Br)c1. The molecule has 1 aromatic carbocycles. The van der Waals surface area contributed by atoms with E-state index >= 15 is 0 Å². The number of nitrogens with one attached hydrogen (secondary N) is 1. The third-order valence-corrected chi connectivity index (χ3v) is 4.91. The molecule has 1 N–H and O–H groups in total. The molecule has 19 heavy (non-hydrogen) atoms. The molecule has 0 aliphatic rings.